The molecule has 0 saturated carbocycles. The smallest absolute Gasteiger partial charge is 0.262 e. The summed E-state index contributed by atoms with van der Waals surface area (Å²) in [6, 6.07) is 16.0. The van der Waals surface area contributed by atoms with Gasteiger partial charge in [0, 0.05) is 25.3 Å². The van der Waals surface area contributed by atoms with E-state index in [1.807, 2.05) is 63.2 Å². The molecule has 0 fully saturated rings. The average Bonchev–Trinajstić information content (AvgIpc) is 2.72. The number of amides is 2. The van der Waals surface area contributed by atoms with Crippen LogP contribution in [0, 0.1) is 5.92 Å². The van der Waals surface area contributed by atoms with Crippen molar-refractivity contribution in [2.24, 2.45) is 11.0 Å². The molecule has 2 N–H and O–H groups in total. The van der Waals surface area contributed by atoms with Crippen LogP contribution in [0.3, 0.4) is 0 Å². The summed E-state index contributed by atoms with van der Waals surface area (Å²) in [5.41, 5.74) is 5.03. The van der Waals surface area contributed by atoms with Gasteiger partial charge in [0.1, 0.15) is 6.04 Å². The number of nitrogens with zero attached hydrogens (tertiary/aromatic N) is 2. The Bertz CT molecular complexity index is 801. The fourth-order valence-electron chi connectivity index (χ4n) is 2.61. The van der Waals surface area contributed by atoms with Crippen molar-refractivity contribution in [3.8, 4) is 0 Å². The zero-order valence-corrected chi connectivity index (χ0v) is 16.8. The lowest BCUT2D eigenvalue weighted by Crippen LogP contribution is -2.49. The van der Waals surface area contributed by atoms with Gasteiger partial charge in [0.15, 0.2) is 0 Å². The molecule has 1 unspecified atom stereocenters. The van der Waals surface area contributed by atoms with Gasteiger partial charge in [-0.2, -0.15) is 5.10 Å². The molecule has 0 heterocycles. The van der Waals surface area contributed by atoms with E-state index < -0.39 is 6.04 Å². The molecule has 2 aromatic rings. The Morgan fingerprint density at radius 3 is 2.29 bits per heavy atom. The molecule has 0 aliphatic rings. The van der Waals surface area contributed by atoms with Gasteiger partial charge in [-0.15, -0.1) is 0 Å². The monoisotopic (exact) mass is 380 g/mol. The lowest BCUT2D eigenvalue weighted by Gasteiger charge is -2.22. The van der Waals surface area contributed by atoms with E-state index in [2.05, 4.69) is 15.8 Å². The molecule has 0 aromatic heterocycles. The molecular formula is C22H28N4O2. The number of nitrogens with one attached hydrogen (secondary N) is 2. The molecule has 2 rings (SSSR count). The number of benzene rings is 2. The van der Waals surface area contributed by atoms with Crippen molar-refractivity contribution in [1.82, 2.24) is 10.7 Å². The average molecular weight is 380 g/mol. The summed E-state index contributed by atoms with van der Waals surface area (Å²) in [4.78, 5) is 27.0. The number of hydrogen-bond acceptors (Lipinski definition) is 4. The second-order valence-electron chi connectivity index (χ2n) is 6.92. The first-order chi connectivity index (χ1) is 13.4. The highest BCUT2D eigenvalue weighted by atomic mass is 16.2. The van der Waals surface area contributed by atoms with Crippen LogP contribution in [-0.4, -0.2) is 38.2 Å². The fraction of sp³-hybridized carbons (Fsp3) is 0.318. The molecule has 6 heteroatoms. The van der Waals surface area contributed by atoms with E-state index in [0.717, 1.165) is 17.7 Å². The van der Waals surface area contributed by atoms with Crippen LogP contribution in [0.2, 0.25) is 0 Å². The molecule has 0 radical (unpaired) electrons. The standard InChI is InChI=1S/C22H28N4O2/c1-5-16(2)20(24-21(27)18-9-7-6-8-10-18)22(28)25-23-15-17-11-13-19(14-12-17)26(3)4/h6-16,20H,5H2,1-4H3,(H,24,27)(H,25,28)/t16?,20-/m0/s1. The summed E-state index contributed by atoms with van der Waals surface area (Å²) in [6.07, 6.45) is 2.34. The van der Waals surface area contributed by atoms with Gasteiger partial charge in [0.2, 0.25) is 0 Å². The largest absolute Gasteiger partial charge is 0.378 e. The van der Waals surface area contributed by atoms with Crippen LogP contribution >= 0.6 is 0 Å². The minimum atomic E-state index is -0.661. The molecule has 2 aromatic carbocycles. The van der Waals surface area contributed by atoms with Crippen molar-refractivity contribution in [2.75, 3.05) is 19.0 Å². The molecule has 2 atom stereocenters. The molecule has 2 amide bonds. The maximum atomic E-state index is 12.6. The Labute approximate surface area is 166 Å². The van der Waals surface area contributed by atoms with Gasteiger partial charge in [0.05, 0.1) is 6.21 Å². The normalized spacial score (nSPS) is 13.0. The van der Waals surface area contributed by atoms with Crippen molar-refractivity contribution in [2.45, 2.75) is 26.3 Å². The van der Waals surface area contributed by atoms with Gasteiger partial charge in [0.25, 0.3) is 11.8 Å². The summed E-state index contributed by atoms with van der Waals surface area (Å²) < 4.78 is 0. The second kappa shape index (κ2) is 10.3. The van der Waals surface area contributed by atoms with Crippen LogP contribution in [0.5, 0.6) is 0 Å². The van der Waals surface area contributed by atoms with Gasteiger partial charge in [-0.25, -0.2) is 5.43 Å². The molecule has 28 heavy (non-hydrogen) atoms. The highest BCUT2D eigenvalue weighted by molar-refractivity contribution is 5.97. The lowest BCUT2D eigenvalue weighted by molar-refractivity contribution is -0.124. The Morgan fingerprint density at radius 2 is 1.71 bits per heavy atom. The third kappa shape index (κ3) is 5.94. The second-order valence-corrected chi connectivity index (χ2v) is 6.92. The first kappa shape index (κ1) is 21.2. The Balaban J connectivity index is 2.01. The molecule has 6 nitrogen and oxygen atoms in total. The Hall–Kier alpha value is -3.15. The van der Waals surface area contributed by atoms with Gasteiger partial charge < -0.3 is 10.2 Å². The fourth-order valence-corrected chi connectivity index (χ4v) is 2.61. The first-order valence-corrected chi connectivity index (χ1v) is 9.38. The minimum absolute atomic E-state index is 0.0257. The van der Waals surface area contributed by atoms with Gasteiger partial charge >= 0.3 is 0 Å². The third-order valence-electron chi connectivity index (χ3n) is 4.62. The van der Waals surface area contributed by atoms with Crippen LogP contribution in [-0.2, 0) is 4.79 Å². The quantitative estimate of drug-likeness (QED) is 0.546. The van der Waals surface area contributed by atoms with Gasteiger partial charge in [-0.1, -0.05) is 50.6 Å². The van der Waals surface area contributed by atoms with Crippen molar-refractivity contribution >= 4 is 23.7 Å². The summed E-state index contributed by atoms with van der Waals surface area (Å²) in [6.45, 7) is 3.91. The maximum absolute atomic E-state index is 12.6. The molecule has 148 valence electrons. The summed E-state index contributed by atoms with van der Waals surface area (Å²) in [5.74, 6) is -0.633. The summed E-state index contributed by atoms with van der Waals surface area (Å²) in [5, 5.41) is 6.87. The Kier molecular flexibility index (Phi) is 7.75. The van der Waals surface area contributed by atoms with Crippen LogP contribution in [0.4, 0.5) is 5.69 Å². The van der Waals surface area contributed by atoms with E-state index in [9.17, 15) is 9.59 Å². The van der Waals surface area contributed by atoms with Crippen molar-refractivity contribution < 1.29 is 9.59 Å². The van der Waals surface area contributed by atoms with E-state index in [4.69, 9.17) is 0 Å². The topological polar surface area (TPSA) is 73.8 Å². The molecule has 0 aliphatic carbocycles. The van der Waals surface area contributed by atoms with Crippen LogP contribution in [0.15, 0.2) is 59.7 Å². The van der Waals surface area contributed by atoms with E-state index >= 15 is 0 Å². The Morgan fingerprint density at radius 1 is 1.07 bits per heavy atom. The van der Waals surface area contributed by atoms with Crippen molar-refractivity contribution in [3.63, 3.8) is 0 Å². The molecule has 0 spiro atoms. The minimum Gasteiger partial charge on any atom is -0.378 e. The first-order valence-electron chi connectivity index (χ1n) is 9.38. The highest BCUT2D eigenvalue weighted by Crippen LogP contribution is 2.11. The zero-order chi connectivity index (χ0) is 20.5. The highest BCUT2D eigenvalue weighted by Gasteiger charge is 2.26. The third-order valence-corrected chi connectivity index (χ3v) is 4.62. The maximum Gasteiger partial charge on any atom is 0.262 e. The SMILES string of the molecule is CCC(C)[C@H](NC(=O)c1ccccc1)C(=O)NN=Cc1ccc(N(C)C)cc1. The number of hydrogen-bond donors (Lipinski definition) is 2. The van der Waals surface area contributed by atoms with Crippen LogP contribution < -0.4 is 15.6 Å². The number of hydrazone groups is 1. The lowest BCUT2D eigenvalue weighted by atomic mass is 9.98. The number of rotatable bonds is 8. The number of carbonyl (C=O) groups excluding carboxylic acids is 2. The number of carbonyl (C=O) groups is 2. The van der Waals surface area contributed by atoms with E-state index in [-0.39, 0.29) is 17.7 Å². The van der Waals surface area contributed by atoms with E-state index in [1.165, 1.54) is 0 Å². The van der Waals surface area contributed by atoms with Crippen molar-refractivity contribution in [3.05, 3.63) is 65.7 Å². The van der Waals surface area contributed by atoms with E-state index in [1.54, 1.807) is 30.5 Å². The van der Waals surface area contributed by atoms with Crippen LogP contribution in [0.1, 0.15) is 36.2 Å². The van der Waals surface area contributed by atoms with Gasteiger partial charge in [-0.05, 0) is 35.7 Å². The molecule has 0 aliphatic heterocycles. The molecule has 0 bridgehead atoms. The zero-order valence-electron chi connectivity index (χ0n) is 16.8. The van der Waals surface area contributed by atoms with Crippen LogP contribution in [0.25, 0.3) is 0 Å². The van der Waals surface area contributed by atoms with Gasteiger partial charge in [-0.3, -0.25) is 9.59 Å². The van der Waals surface area contributed by atoms with E-state index in [0.29, 0.717) is 5.56 Å². The predicted molar refractivity (Wildman–Crippen MR) is 114 cm³/mol. The summed E-state index contributed by atoms with van der Waals surface area (Å²) >= 11 is 0. The molecule has 0 saturated heterocycles. The van der Waals surface area contributed by atoms with Crippen molar-refractivity contribution in [1.29, 1.82) is 0 Å². The predicted octanol–water partition coefficient (Wildman–Crippen LogP) is 3.05. The number of anilines is 1. The molecular weight excluding hydrogens is 352 g/mol. The summed E-state index contributed by atoms with van der Waals surface area (Å²) in [7, 11) is 3.95.